The number of benzene rings is 1. The van der Waals surface area contributed by atoms with Crippen LogP contribution in [0.3, 0.4) is 0 Å². The molecule has 162 valence electrons. The van der Waals surface area contributed by atoms with Crippen molar-refractivity contribution < 1.29 is 5.11 Å². The van der Waals surface area contributed by atoms with Crippen molar-refractivity contribution in [2.24, 2.45) is 10.8 Å². The molecule has 0 spiro atoms. The Morgan fingerprint density at radius 1 is 1.00 bits per heavy atom. The fraction of sp³-hybridized carbons (Fsp3) is 0.577. The van der Waals surface area contributed by atoms with Gasteiger partial charge in [-0.3, -0.25) is 4.98 Å². The number of anilines is 1. The zero-order valence-corrected chi connectivity index (χ0v) is 19.4. The van der Waals surface area contributed by atoms with Gasteiger partial charge in [-0.25, -0.2) is 0 Å². The topological polar surface area (TPSA) is 39.6 Å². The first-order valence-electron chi connectivity index (χ1n) is 11.3. The molecule has 2 aromatic rings. The molecule has 1 aromatic heterocycles. The number of aromatic nitrogens is 1. The third kappa shape index (κ3) is 3.54. The van der Waals surface area contributed by atoms with E-state index in [4.69, 9.17) is 0 Å². The van der Waals surface area contributed by atoms with E-state index in [1.54, 1.807) is 0 Å². The zero-order valence-electron chi connectivity index (χ0n) is 19.4. The van der Waals surface area contributed by atoms with Gasteiger partial charge in [0.15, 0.2) is 0 Å². The smallest absolute Gasteiger partial charge is 0.124 e. The molecule has 3 heterocycles. The van der Waals surface area contributed by atoms with Crippen LogP contribution in [0.15, 0.2) is 42.7 Å². The summed E-state index contributed by atoms with van der Waals surface area (Å²) < 4.78 is 0. The van der Waals surface area contributed by atoms with Crippen LogP contribution in [0.4, 0.5) is 5.69 Å². The van der Waals surface area contributed by atoms with Crippen LogP contribution in [-0.4, -0.2) is 48.2 Å². The van der Waals surface area contributed by atoms with Crippen LogP contribution in [0.1, 0.15) is 63.6 Å². The molecular formula is C26H37N3O. The van der Waals surface area contributed by atoms with Crippen molar-refractivity contribution in [3.05, 3.63) is 59.4 Å². The first kappa shape index (κ1) is 21.3. The minimum atomic E-state index is -1.08. The second-order valence-electron chi connectivity index (χ2n) is 11.0. The molecule has 30 heavy (non-hydrogen) atoms. The standard InChI is InChI=1S/C26H37N3O/c1-19(2)20-7-9-21(10-8-20)26(30,25(5)17-28(6)18-25)22-13-23(15-27-14-22)29-12-11-24(3,4)16-29/h7-10,13-15,19,30H,11-12,16-18H2,1-6H3. The van der Waals surface area contributed by atoms with Crippen molar-refractivity contribution in [2.75, 3.05) is 38.1 Å². The Hall–Kier alpha value is -1.91. The molecule has 0 radical (unpaired) electrons. The van der Waals surface area contributed by atoms with E-state index >= 15 is 0 Å². The first-order chi connectivity index (χ1) is 14.0. The van der Waals surface area contributed by atoms with Gasteiger partial charge in [-0.1, -0.05) is 58.9 Å². The minimum Gasteiger partial charge on any atom is -0.380 e. The quantitative estimate of drug-likeness (QED) is 0.784. The zero-order chi connectivity index (χ0) is 21.7. The summed E-state index contributed by atoms with van der Waals surface area (Å²) in [7, 11) is 2.12. The third-order valence-electron chi connectivity index (χ3n) is 7.29. The lowest BCUT2D eigenvalue weighted by atomic mass is 9.62. The highest BCUT2D eigenvalue weighted by atomic mass is 16.3. The molecule has 1 atom stereocenters. The van der Waals surface area contributed by atoms with Gasteiger partial charge in [-0.05, 0) is 42.0 Å². The maximum absolute atomic E-state index is 12.4. The number of hydrogen-bond donors (Lipinski definition) is 1. The average Bonchev–Trinajstić information content (AvgIpc) is 3.06. The lowest BCUT2D eigenvalue weighted by Gasteiger charge is -2.56. The van der Waals surface area contributed by atoms with Gasteiger partial charge >= 0.3 is 0 Å². The molecule has 4 heteroatoms. The van der Waals surface area contributed by atoms with Gasteiger partial charge < -0.3 is 14.9 Å². The minimum absolute atomic E-state index is 0.258. The lowest BCUT2D eigenvalue weighted by molar-refractivity contribution is -0.127. The Bertz CT molecular complexity index is 899. The van der Waals surface area contributed by atoms with Crippen LogP contribution >= 0.6 is 0 Å². The van der Waals surface area contributed by atoms with E-state index in [2.05, 4.69) is 86.8 Å². The van der Waals surface area contributed by atoms with Gasteiger partial charge in [0, 0.05) is 43.4 Å². The average molecular weight is 408 g/mol. The van der Waals surface area contributed by atoms with E-state index in [0.717, 1.165) is 43.0 Å². The summed E-state index contributed by atoms with van der Waals surface area (Å²) in [6.45, 7) is 15.0. The van der Waals surface area contributed by atoms with E-state index in [0.29, 0.717) is 11.3 Å². The highest BCUT2D eigenvalue weighted by Crippen LogP contribution is 2.50. The number of hydrogen-bond acceptors (Lipinski definition) is 4. The molecule has 2 saturated heterocycles. The van der Waals surface area contributed by atoms with Gasteiger partial charge in [0.2, 0.25) is 0 Å². The van der Waals surface area contributed by atoms with Gasteiger partial charge in [0.05, 0.1) is 11.9 Å². The van der Waals surface area contributed by atoms with Crippen molar-refractivity contribution in [1.29, 1.82) is 0 Å². The maximum atomic E-state index is 12.4. The van der Waals surface area contributed by atoms with Crippen molar-refractivity contribution in [3.8, 4) is 0 Å². The number of aliphatic hydroxyl groups is 1. The normalized spacial score (nSPS) is 22.7. The fourth-order valence-electron chi connectivity index (χ4n) is 5.48. The first-order valence-corrected chi connectivity index (χ1v) is 11.3. The Labute approximate surface area is 181 Å². The molecule has 1 N–H and O–H groups in total. The van der Waals surface area contributed by atoms with Gasteiger partial charge in [0.25, 0.3) is 0 Å². The molecule has 1 aromatic carbocycles. The molecule has 0 saturated carbocycles. The predicted octanol–water partition coefficient (Wildman–Crippen LogP) is 4.63. The van der Waals surface area contributed by atoms with Crippen molar-refractivity contribution in [3.63, 3.8) is 0 Å². The van der Waals surface area contributed by atoms with Crippen molar-refractivity contribution >= 4 is 5.69 Å². The van der Waals surface area contributed by atoms with E-state index in [1.807, 2.05) is 12.4 Å². The number of pyridine rings is 1. The highest BCUT2D eigenvalue weighted by Gasteiger charge is 2.55. The fourth-order valence-corrected chi connectivity index (χ4v) is 5.48. The number of likely N-dealkylation sites (tertiary alicyclic amines) is 1. The molecule has 0 aliphatic carbocycles. The highest BCUT2D eigenvalue weighted by molar-refractivity contribution is 5.51. The van der Waals surface area contributed by atoms with E-state index in [9.17, 15) is 5.11 Å². The molecule has 2 aliphatic heterocycles. The largest absolute Gasteiger partial charge is 0.380 e. The lowest BCUT2D eigenvalue weighted by Crippen LogP contribution is -2.63. The summed E-state index contributed by atoms with van der Waals surface area (Å²) >= 11 is 0. The monoisotopic (exact) mass is 407 g/mol. The molecule has 4 rings (SSSR count). The van der Waals surface area contributed by atoms with E-state index < -0.39 is 5.60 Å². The van der Waals surface area contributed by atoms with Crippen LogP contribution in [0, 0.1) is 10.8 Å². The summed E-state index contributed by atoms with van der Waals surface area (Å²) in [6, 6.07) is 10.7. The summed E-state index contributed by atoms with van der Waals surface area (Å²) in [6.07, 6.45) is 4.99. The molecule has 0 amide bonds. The van der Waals surface area contributed by atoms with Crippen LogP contribution in [0.25, 0.3) is 0 Å². The summed E-state index contributed by atoms with van der Waals surface area (Å²) in [5.74, 6) is 0.473. The van der Waals surface area contributed by atoms with Crippen LogP contribution in [0.2, 0.25) is 0 Å². The van der Waals surface area contributed by atoms with Gasteiger partial charge in [-0.2, -0.15) is 0 Å². The SMILES string of the molecule is CC(C)c1ccc(C(O)(c2cncc(N3CCC(C)(C)C3)c2)C2(C)CN(C)C2)cc1. The van der Waals surface area contributed by atoms with Crippen LogP contribution in [-0.2, 0) is 5.60 Å². The second-order valence-corrected chi connectivity index (χ2v) is 11.0. The summed E-state index contributed by atoms with van der Waals surface area (Å²) in [5.41, 5.74) is 3.26. The van der Waals surface area contributed by atoms with Gasteiger partial charge in [-0.15, -0.1) is 0 Å². The van der Waals surface area contributed by atoms with Crippen LogP contribution in [0.5, 0.6) is 0 Å². The number of nitrogens with zero attached hydrogens (tertiary/aromatic N) is 3. The van der Waals surface area contributed by atoms with E-state index in [-0.39, 0.29) is 5.41 Å². The molecule has 0 bridgehead atoms. The number of rotatable bonds is 5. The Morgan fingerprint density at radius 2 is 1.67 bits per heavy atom. The third-order valence-corrected chi connectivity index (χ3v) is 7.29. The second kappa shape index (κ2) is 7.35. The molecule has 1 unspecified atom stereocenters. The van der Waals surface area contributed by atoms with Crippen LogP contribution < -0.4 is 4.90 Å². The predicted molar refractivity (Wildman–Crippen MR) is 124 cm³/mol. The maximum Gasteiger partial charge on any atom is 0.124 e. The Kier molecular flexibility index (Phi) is 5.22. The van der Waals surface area contributed by atoms with Crippen molar-refractivity contribution in [2.45, 2.75) is 52.6 Å². The summed E-state index contributed by atoms with van der Waals surface area (Å²) in [5, 5.41) is 12.4. The molecule has 2 aliphatic rings. The Balaban J connectivity index is 1.77. The molecular weight excluding hydrogens is 370 g/mol. The van der Waals surface area contributed by atoms with Crippen molar-refractivity contribution in [1.82, 2.24) is 9.88 Å². The molecule has 4 nitrogen and oxygen atoms in total. The summed E-state index contributed by atoms with van der Waals surface area (Å²) in [4.78, 5) is 9.27. The van der Waals surface area contributed by atoms with E-state index in [1.165, 1.54) is 12.0 Å². The molecule has 2 fully saturated rings. The van der Waals surface area contributed by atoms with Gasteiger partial charge in [0.1, 0.15) is 5.60 Å². The Morgan fingerprint density at radius 3 is 2.20 bits per heavy atom.